The number of halogens is 1. The van der Waals surface area contributed by atoms with Crippen LogP contribution < -0.4 is 10.8 Å². The van der Waals surface area contributed by atoms with E-state index in [0.29, 0.717) is 17.2 Å². The summed E-state index contributed by atoms with van der Waals surface area (Å²) < 4.78 is 15.6. The molecule has 28 heavy (non-hydrogen) atoms. The summed E-state index contributed by atoms with van der Waals surface area (Å²) in [6.07, 6.45) is 0.114. The van der Waals surface area contributed by atoms with E-state index in [1.54, 1.807) is 35.8 Å². The summed E-state index contributed by atoms with van der Waals surface area (Å²) in [5, 5.41) is 20.8. The number of ether oxygens (including phenoxy) is 3. The van der Waals surface area contributed by atoms with Crippen LogP contribution in [-0.4, -0.2) is 56.3 Å². The van der Waals surface area contributed by atoms with Gasteiger partial charge in [-0.1, -0.05) is 11.6 Å². The highest BCUT2D eigenvalue weighted by molar-refractivity contribution is 6.30. The first-order chi connectivity index (χ1) is 13.5. The van der Waals surface area contributed by atoms with Crippen molar-refractivity contribution in [1.82, 2.24) is 10.8 Å². The molecule has 0 heterocycles. The first-order valence-electron chi connectivity index (χ1n) is 8.62. The minimum absolute atomic E-state index is 0.0333. The highest BCUT2D eigenvalue weighted by Gasteiger charge is 2.25. The zero-order chi connectivity index (χ0) is 20.8. The number of hydrogen-bond donors (Lipinski definition) is 3. The maximum atomic E-state index is 12.5. The number of benzene rings is 1. The van der Waals surface area contributed by atoms with E-state index < -0.39 is 17.9 Å². The standard InChI is InChI=1S/C18H24ClN3O6/c1-2-26-12-28-11-16(9-14(18(24)22-25)10-27-8-7-20)21-17(23)13-3-5-15(19)6-4-13/h3-6,14,16,25H,2,8-12H2,1H3,(H,21,23)(H,22,24). The van der Waals surface area contributed by atoms with Gasteiger partial charge in [0.2, 0.25) is 5.91 Å². The van der Waals surface area contributed by atoms with E-state index in [4.69, 9.17) is 36.3 Å². The number of carbonyl (C=O) groups excluding carboxylic acids is 2. The van der Waals surface area contributed by atoms with Crippen LogP contribution in [-0.2, 0) is 19.0 Å². The Bertz CT molecular complexity index is 650. The van der Waals surface area contributed by atoms with E-state index in [1.807, 2.05) is 6.92 Å². The Morgan fingerprint density at radius 2 is 1.93 bits per heavy atom. The Kier molecular flexibility index (Phi) is 11.8. The topological polar surface area (TPSA) is 130 Å². The summed E-state index contributed by atoms with van der Waals surface area (Å²) in [4.78, 5) is 24.4. The quantitative estimate of drug-likeness (QED) is 0.193. The molecule has 0 saturated carbocycles. The van der Waals surface area contributed by atoms with E-state index in [2.05, 4.69) is 5.32 Å². The third-order valence-corrected chi connectivity index (χ3v) is 3.92. The monoisotopic (exact) mass is 413 g/mol. The van der Waals surface area contributed by atoms with Crippen LogP contribution in [0.5, 0.6) is 0 Å². The number of nitriles is 1. The third-order valence-electron chi connectivity index (χ3n) is 3.67. The molecule has 9 nitrogen and oxygen atoms in total. The summed E-state index contributed by atoms with van der Waals surface area (Å²) in [7, 11) is 0. The Morgan fingerprint density at radius 1 is 1.21 bits per heavy atom. The zero-order valence-corrected chi connectivity index (χ0v) is 16.3. The van der Waals surface area contributed by atoms with E-state index in [9.17, 15) is 9.59 Å². The Balaban J connectivity index is 2.79. The molecule has 0 bridgehead atoms. The van der Waals surface area contributed by atoms with Crippen molar-refractivity contribution in [1.29, 1.82) is 5.26 Å². The van der Waals surface area contributed by atoms with Gasteiger partial charge in [0.15, 0.2) is 0 Å². The predicted octanol–water partition coefficient (Wildman–Crippen LogP) is 1.50. The van der Waals surface area contributed by atoms with Crippen molar-refractivity contribution in [2.45, 2.75) is 19.4 Å². The second-order valence-corrected chi connectivity index (χ2v) is 6.18. The van der Waals surface area contributed by atoms with Gasteiger partial charge in [0.1, 0.15) is 13.4 Å². The number of nitrogens with zero attached hydrogens (tertiary/aromatic N) is 1. The molecule has 0 aliphatic rings. The molecule has 0 fully saturated rings. The van der Waals surface area contributed by atoms with Crippen LogP contribution in [0.2, 0.25) is 5.02 Å². The van der Waals surface area contributed by atoms with Gasteiger partial charge in [0.05, 0.1) is 31.2 Å². The second kappa shape index (κ2) is 13.9. The van der Waals surface area contributed by atoms with Gasteiger partial charge in [-0.25, -0.2) is 5.48 Å². The number of hydrogen-bond acceptors (Lipinski definition) is 7. The SMILES string of the molecule is CCOCOCC(CC(COCC#N)C(=O)NO)NC(=O)c1ccc(Cl)cc1. The molecule has 0 aromatic heterocycles. The molecule has 0 saturated heterocycles. The summed E-state index contributed by atoms with van der Waals surface area (Å²) >= 11 is 5.83. The zero-order valence-electron chi connectivity index (χ0n) is 15.5. The minimum Gasteiger partial charge on any atom is -0.366 e. The average molecular weight is 414 g/mol. The number of nitrogens with one attached hydrogen (secondary N) is 2. The molecule has 0 spiro atoms. The summed E-state index contributed by atoms with van der Waals surface area (Å²) in [5.41, 5.74) is 1.96. The van der Waals surface area contributed by atoms with Crippen LogP contribution in [0.1, 0.15) is 23.7 Å². The fourth-order valence-corrected chi connectivity index (χ4v) is 2.43. The molecular weight excluding hydrogens is 390 g/mol. The van der Waals surface area contributed by atoms with Crippen LogP contribution in [0.25, 0.3) is 0 Å². The number of carbonyl (C=O) groups is 2. The Hall–Kier alpha value is -2.22. The average Bonchev–Trinajstić information content (AvgIpc) is 2.70. The highest BCUT2D eigenvalue weighted by Crippen LogP contribution is 2.12. The summed E-state index contributed by atoms with van der Waals surface area (Å²) in [5.74, 6) is -1.86. The maximum absolute atomic E-state index is 12.5. The van der Waals surface area contributed by atoms with Crippen LogP contribution >= 0.6 is 11.6 Å². The first-order valence-corrected chi connectivity index (χ1v) is 9.00. The molecule has 2 amide bonds. The molecule has 3 N–H and O–H groups in total. The lowest BCUT2D eigenvalue weighted by Crippen LogP contribution is -2.43. The maximum Gasteiger partial charge on any atom is 0.251 e. The van der Waals surface area contributed by atoms with Gasteiger partial charge >= 0.3 is 0 Å². The fraction of sp³-hybridized carbons (Fsp3) is 0.500. The van der Waals surface area contributed by atoms with Gasteiger partial charge < -0.3 is 19.5 Å². The first kappa shape index (κ1) is 23.8. The van der Waals surface area contributed by atoms with Crippen molar-refractivity contribution in [3.63, 3.8) is 0 Å². The van der Waals surface area contributed by atoms with Gasteiger partial charge in [-0.15, -0.1) is 0 Å². The smallest absolute Gasteiger partial charge is 0.251 e. The molecule has 2 atom stereocenters. The lowest BCUT2D eigenvalue weighted by Gasteiger charge is -2.23. The predicted molar refractivity (Wildman–Crippen MR) is 99.6 cm³/mol. The van der Waals surface area contributed by atoms with Crippen molar-refractivity contribution < 1.29 is 29.0 Å². The van der Waals surface area contributed by atoms with Gasteiger partial charge in [-0.3, -0.25) is 14.8 Å². The summed E-state index contributed by atoms with van der Waals surface area (Å²) in [6, 6.07) is 7.56. The molecular formula is C18H24ClN3O6. The minimum atomic E-state index is -0.801. The lowest BCUT2D eigenvalue weighted by molar-refractivity contribution is -0.136. The molecule has 0 aliphatic carbocycles. The van der Waals surface area contributed by atoms with Crippen molar-refractivity contribution in [2.75, 3.05) is 33.2 Å². The largest absolute Gasteiger partial charge is 0.366 e. The number of rotatable bonds is 13. The third kappa shape index (κ3) is 9.12. The van der Waals surface area contributed by atoms with E-state index in [-0.39, 0.29) is 38.9 Å². The molecule has 154 valence electrons. The Labute approximate surface area is 168 Å². The van der Waals surface area contributed by atoms with E-state index in [0.717, 1.165) is 0 Å². The van der Waals surface area contributed by atoms with Crippen LogP contribution in [0.4, 0.5) is 0 Å². The van der Waals surface area contributed by atoms with Crippen molar-refractivity contribution >= 4 is 23.4 Å². The van der Waals surface area contributed by atoms with Gasteiger partial charge in [-0.2, -0.15) is 5.26 Å². The van der Waals surface area contributed by atoms with Crippen molar-refractivity contribution in [3.05, 3.63) is 34.9 Å². The molecule has 10 heteroatoms. The van der Waals surface area contributed by atoms with Crippen molar-refractivity contribution in [3.8, 4) is 6.07 Å². The molecule has 2 unspecified atom stereocenters. The second-order valence-electron chi connectivity index (χ2n) is 5.74. The van der Waals surface area contributed by atoms with Gasteiger partial charge in [0.25, 0.3) is 5.91 Å². The van der Waals surface area contributed by atoms with Crippen molar-refractivity contribution in [2.24, 2.45) is 5.92 Å². The molecule has 1 aromatic rings. The van der Waals surface area contributed by atoms with Crippen LogP contribution in [0.15, 0.2) is 24.3 Å². The molecule has 0 aliphatic heterocycles. The molecule has 1 rings (SSSR count). The fourth-order valence-electron chi connectivity index (χ4n) is 2.30. The van der Waals surface area contributed by atoms with E-state index >= 15 is 0 Å². The summed E-state index contributed by atoms with van der Waals surface area (Å²) in [6.45, 7) is 2.10. The lowest BCUT2D eigenvalue weighted by atomic mass is 9.99. The Morgan fingerprint density at radius 3 is 2.54 bits per heavy atom. The van der Waals surface area contributed by atoms with Crippen LogP contribution in [0.3, 0.4) is 0 Å². The van der Waals surface area contributed by atoms with Gasteiger partial charge in [0, 0.05) is 17.2 Å². The normalized spacial score (nSPS) is 12.6. The number of hydroxylamine groups is 1. The van der Waals surface area contributed by atoms with Gasteiger partial charge in [-0.05, 0) is 37.6 Å². The molecule has 1 aromatic carbocycles. The van der Waals surface area contributed by atoms with E-state index in [1.165, 1.54) is 0 Å². The van der Waals surface area contributed by atoms with Crippen LogP contribution in [0, 0.1) is 17.2 Å². The number of amides is 2. The molecule has 0 radical (unpaired) electrons. The highest BCUT2D eigenvalue weighted by atomic mass is 35.5.